The molecule has 1 aromatic carbocycles. The van der Waals surface area contributed by atoms with Crippen molar-refractivity contribution in [3.8, 4) is 0 Å². The Hall–Kier alpha value is -1.37. The molecule has 0 heterocycles. The number of benzene rings is 1. The summed E-state index contributed by atoms with van der Waals surface area (Å²) in [6.45, 7) is 11.7. The molecule has 14 heavy (non-hydrogen) atoms. The number of rotatable bonds is 4. The third kappa shape index (κ3) is 1.92. The second kappa shape index (κ2) is 4.75. The first-order chi connectivity index (χ1) is 6.74. The van der Waals surface area contributed by atoms with Gasteiger partial charge in [0.1, 0.15) is 0 Å². The van der Waals surface area contributed by atoms with E-state index in [2.05, 4.69) is 50.3 Å². The third-order valence-electron chi connectivity index (χ3n) is 2.53. The number of aliphatic imine (C=N–C) groups is 1. The molecule has 1 heteroatoms. The first-order valence-electron chi connectivity index (χ1n) is 4.95. The normalized spacial score (nSPS) is 12.1. The van der Waals surface area contributed by atoms with Crippen molar-refractivity contribution in [2.24, 2.45) is 4.99 Å². The average Bonchev–Trinajstić information content (AvgIpc) is 2.26. The molecule has 0 amide bonds. The van der Waals surface area contributed by atoms with E-state index in [1.54, 1.807) is 0 Å². The molecular formula is C13H17N. The molecule has 0 saturated heterocycles. The van der Waals surface area contributed by atoms with Crippen molar-refractivity contribution in [2.45, 2.75) is 26.2 Å². The maximum atomic E-state index is 4.11. The quantitative estimate of drug-likeness (QED) is 0.501. The standard InChI is InChI=1S/C13H17N/c1-5-10(3)12-9-7-8-11(6-2)13(12)14-4/h5,7-10H,1,4,6H2,2-3H3. The maximum Gasteiger partial charge on any atom is 0.0692 e. The van der Waals surface area contributed by atoms with E-state index in [0.29, 0.717) is 5.92 Å². The molecule has 1 atom stereocenters. The fourth-order valence-corrected chi connectivity index (χ4v) is 1.58. The Balaban J connectivity index is 3.28. The van der Waals surface area contributed by atoms with Gasteiger partial charge >= 0.3 is 0 Å². The molecule has 0 bridgehead atoms. The van der Waals surface area contributed by atoms with Crippen LogP contribution in [-0.4, -0.2) is 6.72 Å². The third-order valence-corrected chi connectivity index (χ3v) is 2.53. The van der Waals surface area contributed by atoms with Crippen molar-refractivity contribution in [1.82, 2.24) is 0 Å². The van der Waals surface area contributed by atoms with Crippen LogP contribution in [0.3, 0.4) is 0 Å². The highest BCUT2D eigenvalue weighted by molar-refractivity contribution is 5.59. The molecule has 1 rings (SSSR count). The summed E-state index contributed by atoms with van der Waals surface area (Å²) in [6.07, 6.45) is 2.93. The van der Waals surface area contributed by atoms with Crippen LogP contribution >= 0.6 is 0 Å². The van der Waals surface area contributed by atoms with Crippen molar-refractivity contribution in [3.63, 3.8) is 0 Å². The van der Waals surface area contributed by atoms with Gasteiger partial charge in [-0.05, 0) is 24.3 Å². The van der Waals surface area contributed by atoms with Gasteiger partial charge in [0, 0.05) is 5.92 Å². The Morgan fingerprint density at radius 2 is 2.21 bits per heavy atom. The Morgan fingerprint density at radius 3 is 2.71 bits per heavy atom. The molecular weight excluding hydrogens is 170 g/mol. The van der Waals surface area contributed by atoms with E-state index in [0.717, 1.165) is 12.1 Å². The minimum atomic E-state index is 0.335. The van der Waals surface area contributed by atoms with Crippen molar-refractivity contribution < 1.29 is 0 Å². The molecule has 0 aliphatic rings. The van der Waals surface area contributed by atoms with Gasteiger partial charge in [-0.1, -0.05) is 38.1 Å². The lowest BCUT2D eigenvalue weighted by Crippen LogP contribution is -1.92. The molecule has 0 aliphatic heterocycles. The van der Waals surface area contributed by atoms with Gasteiger partial charge < -0.3 is 0 Å². The van der Waals surface area contributed by atoms with Crippen LogP contribution in [0.2, 0.25) is 0 Å². The maximum absolute atomic E-state index is 4.11. The van der Waals surface area contributed by atoms with Gasteiger partial charge in [0.15, 0.2) is 0 Å². The number of allylic oxidation sites excluding steroid dienone is 1. The lowest BCUT2D eigenvalue weighted by molar-refractivity contribution is 0.960. The van der Waals surface area contributed by atoms with Crippen molar-refractivity contribution >= 4 is 12.4 Å². The SMILES string of the molecule is C=CC(C)c1cccc(CC)c1N=C. The zero-order valence-corrected chi connectivity index (χ0v) is 8.96. The minimum absolute atomic E-state index is 0.335. The van der Waals surface area contributed by atoms with Crippen LogP contribution in [0, 0.1) is 0 Å². The second-order valence-electron chi connectivity index (χ2n) is 3.39. The smallest absolute Gasteiger partial charge is 0.0692 e. The van der Waals surface area contributed by atoms with E-state index < -0.39 is 0 Å². The molecule has 0 N–H and O–H groups in total. The molecule has 1 nitrogen and oxygen atoms in total. The number of nitrogens with zero attached hydrogens (tertiary/aromatic N) is 1. The Morgan fingerprint density at radius 1 is 1.50 bits per heavy atom. The second-order valence-corrected chi connectivity index (χ2v) is 3.39. The van der Waals surface area contributed by atoms with E-state index in [9.17, 15) is 0 Å². The van der Waals surface area contributed by atoms with Crippen LogP contribution < -0.4 is 0 Å². The predicted octanol–water partition coefficient (Wildman–Crippen LogP) is 3.87. The van der Waals surface area contributed by atoms with Crippen molar-refractivity contribution in [3.05, 3.63) is 42.0 Å². The predicted molar refractivity (Wildman–Crippen MR) is 63.6 cm³/mol. The number of aryl methyl sites for hydroxylation is 1. The van der Waals surface area contributed by atoms with Crippen LogP contribution in [0.15, 0.2) is 35.8 Å². The number of para-hydroxylation sites is 1. The summed E-state index contributed by atoms with van der Waals surface area (Å²) in [4.78, 5) is 4.11. The lowest BCUT2D eigenvalue weighted by atomic mass is 9.96. The van der Waals surface area contributed by atoms with E-state index in [1.165, 1.54) is 11.1 Å². The highest BCUT2D eigenvalue weighted by Crippen LogP contribution is 2.30. The van der Waals surface area contributed by atoms with Gasteiger partial charge in [0.05, 0.1) is 5.69 Å². The lowest BCUT2D eigenvalue weighted by Gasteiger charge is -2.12. The highest BCUT2D eigenvalue weighted by atomic mass is 14.7. The minimum Gasteiger partial charge on any atom is -0.264 e. The molecule has 74 valence electrons. The van der Waals surface area contributed by atoms with Gasteiger partial charge in [0.25, 0.3) is 0 Å². The molecule has 1 unspecified atom stereocenters. The van der Waals surface area contributed by atoms with Crippen LogP contribution in [0.1, 0.15) is 30.9 Å². The van der Waals surface area contributed by atoms with E-state index >= 15 is 0 Å². The summed E-state index contributed by atoms with van der Waals surface area (Å²) in [7, 11) is 0. The van der Waals surface area contributed by atoms with Gasteiger partial charge in [-0.2, -0.15) is 0 Å². The van der Waals surface area contributed by atoms with Crippen LogP contribution in [-0.2, 0) is 6.42 Å². The molecule has 1 aromatic rings. The molecule has 0 fully saturated rings. The monoisotopic (exact) mass is 187 g/mol. The van der Waals surface area contributed by atoms with Gasteiger partial charge in [-0.25, -0.2) is 0 Å². The van der Waals surface area contributed by atoms with Gasteiger partial charge in [-0.3, -0.25) is 4.99 Å². The molecule has 0 aliphatic carbocycles. The largest absolute Gasteiger partial charge is 0.264 e. The fourth-order valence-electron chi connectivity index (χ4n) is 1.58. The van der Waals surface area contributed by atoms with Gasteiger partial charge in [0.2, 0.25) is 0 Å². The van der Waals surface area contributed by atoms with Crippen LogP contribution in [0.25, 0.3) is 0 Å². The summed E-state index contributed by atoms with van der Waals surface area (Å²) in [5, 5.41) is 0. The molecule has 0 saturated carbocycles. The Kier molecular flexibility index (Phi) is 3.63. The summed E-state index contributed by atoms with van der Waals surface area (Å²) >= 11 is 0. The number of hydrogen-bond donors (Lipinski definition) is 0. The van der Waals surface area contributed by atoms with E-state index in [4.69, 9.17) is 0 Å². The molecule has 0 spiro atoms. The Labute approximate surface area is 86.2 Å². The molecule has 0 aromatic heterocycles. The Bertz CT molecular complexity index is 339. The van der Waals surface area contributed by atoms with Crippen molar-refractivity contribution in [2.75, 3.05) is 0 Å². The van der Waals surface area contributed by atoms with Gasteiger partial charge in [-0.15, -0.1) is 6.58 Å². The summed E-state index contributed by atoms with van der Waals surface area (Å²) in [5.41, 5.74) is 3.50. The first-order valence-corrected chi connectivity index (χ1v) is 4.95. The van der Waals surface area contributed by atoms with E-state index in [1.807, 2.05) is 6.08 Å². The highest BCUT2D eigenvalue weighted by Gasteiger charge is 2.09. The summed E-state index contributed by atoms with van der Waals surface area (Å²) in [6, 6.07) is 6.27. The topological polar surface area (TPSA) is 12.4 Å². The van der Waals surface area contributed by atoms with Crippen LogP contribution in [0.5, 0.6) is 0 Å². The fraction of sp³-hybridized carbons (Fsp3) is 0.308. The summed E-state index contributed by atoms with van der Waals surface area (Å²) < 4.78 is 0. The zero-order chi connectivity index (χ0) is 10.6. The average molecular weight is 187 g/mol. The van der Waals surface area contributed by atoms with Crippen molar-refractivity contribution in [1.29, 1.82) is 0 Å². The van der Waals surface area contributed by atoms with Crippen LogP contribution in [0.4, 0.5) is 5.69 Å². The number of hydrogen-bond acceptors (Lipinski definition) is 1. The summed E-state index contributed by atoms with van der Waals surface area (Å²) in [5.74, 6) is 0.335. The molecule has 0 radical (unpaired) electrons. The zero-order valence-electron chi connectivity index (χ0n) is 8.96. The first kappa shape index (κ1) is 10.7. The van der Waals surface area contributed by atoms with E-state index in [-0.39, 0.29) is 0 Å².